The van der Waals surface area contributed by atoms with Crippen molar-refractivity contribution < 1.29 is 4.39 Å². The molecule has 0 aliphatic carbocycles. The summed E-state index contributed by atoms with van der Waals surface area (Å²) >= 11 is 0. The molecule has 66 valence electrons. The van der Waals surface area contributed by atoms with E-state index < -0.39 is 6.17 Å². The predicted octanol–water partition coefficient (Wildman–Crippen LogP) is 1.50. The molecule has 1 fully saturated rings. The molecule has 3 heteroatoms. The summed E-state index contributed by atoms with van der Waals surface area (Å²) in [4.78, 5) is 2.07. The van der Waals surface area contributed by atoms with E-state index in [9.17, 15) is 4.39 Å². The molecule has 0 aromatic rings. The summed E-state index contributed by atoms with van der Waals surface area (Å²) < 4.78 is 12.7. The molecule has 0 atom stereocenters. The first kappa shape index (κ1) is 9.21. The number of hydrogen-bond acceptors (Lipinski definition) is 2. The third kappa shape index (κ3) is 2.63. The highest BCUT2D eigenvalue weighted by molar-refractivity contribution is 5.17. The number of nitrogens with zero attached hydrogens (tertiary/aromatic N) is 2. The first-order valence-electron chi connectivity index (χ1n) is 4.16. The van der Waals surface area contributed by atoms with Crippen LogP contribution >= 0.6 is 0 Å². The van der Waals surface area contributed by atoms with Gasteiger partial charge in [-0.3, -0.25) is 4.90 Å². The average Bonchev–Trinajstić information content (AvgIpc) is 2.09. The number of rotatable bonds is 2. The summed E-state index contributed by atoms with van der Waals surface area (Å²) in [5.74, 6) is 0. The molecule has 1 rings (SSSR count). The van der Waals surface area contributed by atoms with E-state index in [0.717, 1.165) is 13.1 Å². The third-order valence-electron chi connectivity index (χ3n) is 2.09. The second-order valence-corrected chi connectivity index (χ2v) is 3.17. The Morgan fingerprint density at radius 3 is 2.67 bits per heavy atom. The van der Waals surface area contributed by atoms with Crippen molar-refractivity contribution >= 4 is 0 Å². The van der Waals surface area contributed by atoms with E-state index in [0.29, 0.717) is 25.0 Å². The molecule has 0 unspecified atom stereocenters. The summed E-state index contributed by atoms with van der Waals surface area (Å²) in [6.45, 7) is 5.69. The molecule has 0 aromatic carbocycles. The largest absolute Gasteiger partial charge is 0.298 e. The van der Waals surface area contributed by atoms with Crippen LogP contribution in [0.1, 0.15) is 12.8 Å². The van der Waals surface area contributed by atoms with Gasteiger partial charge in [-0.1, -0.05) is 6.58 Å². The smallest absolute Gasteiger partial charge is 0.103 e. The molecule has 1 aliphatic heterocycles. The van der Waals surface area contributed by atoms with Crippen LogP contribution in [0, 0.1) is 11.3 Å². The summed E-state index contributed by atoms with van der Waals surface area (Å²) in [5, 5.41) is 8.47. The topological polar surface area (TPSA) is 27.0 Å². The Bertz CT molecular complexity index is 199. The molecule has 0 radical (unpaired) electrons. The minimum absolute atomic E-state index is 0.562. The van der Waals surface area contributed by atoms with Gasteiger partial charge in [-0.25, -0.2) is 4.39 Å². The average molecular weight is 168 g/mol. The van der Waals surface area contributed by atoms with Crippen molar-refractivity contribution in [3.63, 3.8) is 0 Å². The lowest BCUT2D eigenvalue weighted by atomic mass is 10.1. The van der Waals surface area contributed by atoms with Gasteiger partial charge in [0, 0.05) is 25.2 Å². The fourth-order valence-corrected chi connectivity index (χ4v) is 1.36. The molecule has 0 amide bonds. The van der Waals surface area contributed by atoms with Crippen LogP contribution in [-0.2, 0) is 0 Å². The molecule has 12 heavy (non-hydrogen) atoms. The van der Waals surface area contributed by atoms with Crippen molar-refractivity contribution in [2.24, 2.45) is 0 Å². The van der Waals surface area contributed by atoms with Crippen LogP contribution in [0.15, 0.2) is 12.2 Å². The van der Waals surface area contributed by atoms with E-state index in [1.165, 1.54) is 0 Å². The molecule has 2 nitrogen and oxygen atoms in total. The number of hydrogen-bond donors (Lipinski definition) is 0. The molecule has 0 aromatic heterocycles. The van der Waals surface area contributed by atoms with Crippen molar-refractivity contribution in [2.45, 2.75) is 19.0 Å². The van der Waals surface area contributed by atoms with Crippen LogP contribution in [-0.4, -0.2) is 30.7 Å². The first-order chi connectivity index (χ1) is 5.72. The van der Waals surface area contributed by atoms with Crippen LogP contribution < -0.4 is 0 Å². The van der Waals surface area contributed by atoms with Crippen molar-refractivity contribution in [2.75, 3.05) is 19.6 Å². The Labute approximate surface area is 72.3 Å². The molecule has 1 heterocycles. The number of alkyl halides is 1. The minimum atomic E-state index is -0.642. The minimum Gasteiger partial charge on any atom is -0.298 e. The van der Waals surface area contributed by atoms with Gasteiger partial charge in [0.25, 0.3) is 0 Å². The lowest BCUT2D eigenvalue weighted by molar-refractivity contribution is 0.160. The Balaban J connectivity index is 2.27. The van der Waals surface area contributed by atoms with Gasteiger partial charge in [0.05, 0.1) is 6.07 Å². The zero-order chi connectivity index (χ0) is 8.97. The molecule has 1 saturated heterocycles. The number of likely N-dealkylation sites (tertiary alicyclic amines) is 1. The Morgan fingerprint density at radius 1 is 1.58 bits per heavy atom. The van der Waals surface area contributed by atoms with E-state index >= 15 is 0 Å². The Hall–Kier alpha value is -0.880. The van der Waals surface area contributed by atoms with E-state index in [1.54, 1.807) is 0 Å². The van der Waals surface area contributed by atoms with Crippen molar-refractivity contribution in [1.82, 2.24) is 4.90 Å². The van der Waals surface area contributed by atoms with Gasteiger partial charge in [0.1, 0.15) is 6.17 Å². The Morgan fingerprint density at radius 2 is 2.17 bits per heavy atom. The maximum absolute atomic E-state index is 12.7. The maximum atomic E-state index is 12.7. The van der Waals surface area contributed by atoms with Crippen molar-refractivity contribution in [3.05, 3.63) is 12.2 Å². The zero-order valence-corrected chi connectivity index (χ0v) is 7.09. The molecular formula is C9H13FN2. The monoisotopic (exact) mass is 168 g/mol. The molecule has 0 saturated carbocycles. The number of nitriles is 1. The summed E-state index contributed by atoms with van der Waals surface area (Å²) in [6, 6.07) is 1.99. The van der Waals surface area contributed by atoms with Crippen molar-refractivity contribution in [1.29, 1.82) is 5.26 Å². The summed E-state index contributed by atoms with van der Waals surface area (Å²) in [6.07, 6.45) is 0.550. The van der Waals surface area contributed by atoms with Gasteiger partial charge in [-0.2, -0.15) is 5.26 Å². The van der Waals surface area contributed by atoms with Gasteiger partial charge >= 0.3 is 0 Å². The fraction of sp³-hybridized carbons (Fsp3) is 0.667. The predicted molar refractivity (Wildman–Crippen MR) is 45.3 cm³/mol. The molecule has 0 spiro atoms. The molecule has 0 bridgehead atoms. The molecule has 0 N–H and O–H groups in total. The third-order valence-corrected chi connectivity index (χ3v) is 2.09. The SMILES string of the molecule is C=C(C#N)CN1CCC(F)CC1. The van der Waals surface area contributed by atoms with Gasteiger partial charge in [0.15, 0.2) is 0 Å². The second-order valence-electron chi connectivity index (χ2n) is 3.17. The highest BCUT2D eigenvalue weighted by Gasteiger charge is 2.18. The van der Waals surface area contributed by atoms with E-state index in [4.69, 9.17) is 5.26 Å². The second kappa shape index (κ2) is 4.22. The zero-order valence-electron chi connectivity index (χ0n) is 7.09. The van der Waals surface area contributed by atoms with Crippen molar-refractivity contribution in [3.8, 4) is 6.07 Å². The lowest BCUT2D eigenvalue weighted by Gasteiger charge is -2.27. The molecular weight excluding hydrogens is 155 g/mol. The van der Waals surface area contributed by atoms with Crippen LogP contribution in [0.2, 0.25) is 0 Å². The molecule has 1 aliphatic rings. The van der Waals surface area contributed by atoms with Crippen LogP contribution in [0.3, 0.4) is 0 Å². The highest BCUT2D eigenvalue weighted by atomic mass is 19.1. The quantitative estimate of drug-likeness (QED) is 0.584. The van der Waals surface area contributed by atoms with E-state index in [1.807, 2.05) is 6.07 Å². The number of halogens is 1. The van der Waals surface area contributed by atoms with Crippen LogP contribution in [0.4, 0.5) is 4.39 Å². The maximum Gasteiger partial charge on any atom is 0.103 e. The summed E-state index contributed by atoms with van der Waals surface area (Å²) in [5.41, 5.74) is 0.562. The van der Waals surface area contributed by atoms with Gasteiger partial charge in [-0.05, 0) is 12.8 Å². The van der Waals surface area contributed by atoms with Crippen LogP contribution in [0.5, 0.6) is 0 Å². The standard InChI is InChI=1S/C9H13FN2/c1-8(6-11)7-12-4-2-9(10)3-5-12/h9H,1-5,7H2. The first-order valence-corrected chi connectivity index (χ1v) is 4.16. The number of piperidine rings is 1. The van der Waals surface area contributed by atoms with E-state index in [2.05, 4.69) is 11.5 Å². The normalized spacial score (nSPS) is 20.3. The Kier molecular flexibility index (Phi) is 3.24. The van der Waals surface area contributed by atoms with Gasteiger partial charge in [-0.15, -0.1) is 0 Å². The highest BCUT2D eigenvalue weighted by Crippen LogP contribution is 2.13. The van der Waals surface area contributed by atoms with Gasteiger partial charge in [0.2, 0.25) is 0 Å². The fourth-order valence-electron chi connectivity index (χ4n) is 1.36. The van der Waals surface area contributed by atoms with E-state index in [-0.39, 0.29) is 0 Å². The lowest BCUT2D eigenvalue weighted by Crippen LogP contribution is -2.35. The summed E-state index contributed by atoms with van der Waals surface area (Å²) in [7, 11) is 0. The van der Waals surface area contributed by atoms with Gasteiger partial charge < -0.3 is 0 Å². The van der Waals surface area contributed by atoms with Crippen LogP contribution in [0.25, 0.3) is 0 Å².